The predicted octanol–water partition coefficient (Wildman–Crippen LogP) is 2.81. The van der Waals surface area contributed by atoms with E-state index in [1.165, 1.54) is 6.33 Å². The van der Waals surface area contributed by atoms with Crippen LogP contribution >= 0.6 is 23.2 Å². The summed E-state index contributed by atoms with van der Waals surface area (Å²) in [6.07, 6.45) is 5.55. The van der Waals surface area contributed by atoms with Crippen molar-refractivity contribution in [3.05, 3.63) is 46.1 Å². The van der Waals surface area contributed by atoms with E-state index in [1.807, 2.05) is 0 Å². The molecule has 0 atom stereocenters. The van der Waals surface area contributed by atoms with Crippen LogP contribution in [0.25, 0.3) is 22.0 Å². The number of rotatable bonds is 2. The fraction of sp³-hybridized carbons (Fsp3) is 0.235. The molecule has 1 amide bonds. The van der Waals surface area contributed by atoms with Crippen LogP contribution in [0.4, 0.5) is 0 Å². The van der Waals surface area contributed by atoms with Gasteiger partial charge in [-0.2, -0.15) is 0 Å². The number of aromatic nitrogens is 3. The SMILES string of the molecule is O=C(CO)N1CCc2[nH]c3c(Cl)c(Cl)cc(-c4cncnc4)c3c2C1. The second-order valence-corrected chi connectivity index (χ2v) is 6.69. The normalized spacial score (nSPS) is 14.0. The van der Waals surface area contributed by atoms with Gasteiger partial charge in [0.15, 0.2) is 0 Å². The van der Waals surface area contributed by atoms with Gasteiger partial charge in [0.25, 0.3) is 0 Å². The highest BCUT2D eigenvalue weighted by Gasteiger charge is 2.26. The van der Waals surface area contributed by atoms with Crippen LogP contribution in [0.1, 0.15) is 11.3 Å². The molecule has 0 aliphatic carbocycles. The van der Waals surface area contributed by atoms with E-state index in [4.69, 9.17) is 28.3 Å². The first kappa shape index (κ1) is 16.3. The fourth-order valence-electron chi connectivity index (χ4n) is 3.32. The van der Waals surface area contributed by atoms with Crippen molar-refractivity contribution in [3.63, 3.8) is 0 Å². The lowest BCUT2D eigenvalue weighted by molar-refractivity contribution is -0.135. The maximum atomic E-state index is 11.9. The van der Waals surface area contributed by atoms with Gasteiger partial charge < -0.3 is 15.0 Å². The molecule has 0 unspecified atom stereocenters. The average Bonchev–Trinajstić information content (AvgIpc) is 3.03. The third-order valence-electron chi connectivity index (χ3n) is 4.50. The molecular formula is C17H14Cl2N4O2. The number of H-pyrrole nitrogens is 1. The molecule has 2 aromatic heterocycles. The van der Waals surface area contributed by atoms with Crippen LogP contribution in [-0.4, -0.2) is 44.0 Å². The third kappa shape index (κ3) is 2.66. The summed E-state index contributed by atoms with van der Waals surface area (Å²) in [7, 11) is 0. The van der Waals surface area contributed by atoms with Crippen molar-refractivity contribution in [2.75, 3.05) is 13.2 Å². The quantitative estimate of drug-likeness (QED) is 0.720. The van der Waals surface area contributed by atoms with Crippen LogP contribution in [0.2, 0.25) is 10.0 Å². The Kier molecular flexibility index (Phi) is 4.11. The standard InChI is InChI=1S/C17H14Cl2N4O2/c18-12-3-10(9-4-20-8-21-5-9)15-11-6-23(14(25)7-24)2-1-13(11)22-17(15)16(12)19/h3-5,8,22,24H,1-2,6-7H2. The van der Waals surface area contributed by atoms with Gasteiger partial charge in [-0.15, -0.1) is 0 Å². The van der Waals surface area contributed by atoms with Crippen LogP contribution in [0, 0.1) is 0 Å². The summed E-state index contributed by atoms with van der Waals surface area (Å²) in [4.78, 5) is 25.1. The van der Waals surface area contributed by atoms with Crippen molar-refractivity contribution in [1.82, 2.24) is 19.9 Å². The Morgan fingerprint density at radius 2 is 2.08 bits per heavy atom. The summed E-state index contributed by atoms with van der Waals surface area (Å²) in [5.74, 6) is -0.287. The van der Waals surface area contributed by atoms with E-state index in [-0.39, 0.29) is 5.91 Å². The maximum absolute atomic E-state index is 11.9. The smallest absolute Gasteiger partial charge is 0.248 e. The highest BCUT2D eigenvalue weighted by Crippen LogP contribution is 2.41. The minimum absolute atomic E-state index is 0.287. The molecular weight excluding hydrogens is 363 g/mol. The number of carbonyl (C=O) groups excluding carboxylic acids is 1. The molecule has 128 valence electrons. The zero-order valence-electron chi connectivity index (χ0n) is 13.1. The fourth-order valence-corrected chi connectivity index (χ4v) is 3.72. The number of nitrogens with one attached hydrogen (secondary N) is 1. The van der Waals surface area contributed by atoms with Gasteiger partial charge in [0.1, 0.15) is 12.9 Å². The van der Waals surface area contributed by atoms with Crippen LogP contribution in [0.5, 0.6) is 0 Å². The van der Waals surface area contributed by atoms with Crippen LogP contribution in [0.15, 0.2) is 24.8 Å². The molecule has 0 spiro atoms. The van der Waals surface area contributed by atoms with Gasteiger partial charge in [-0.1, -0.05) is 23.2 Å². The van der Waals surface area contributed by atoms with Crippen molar-refractivity contribution < 1.29 is 9.90 Å². The first-order valence-corrected chi connectivity index (χ1v) is 8.51. The topological polar surface area (TPSA) is 82.1 Å². The average molecular weight is 377 g/mol. The largest absolute Gasteiger partial charge is 0.387 e. The molecule has 3 aromatic rings. The second kappa shape index (κ2) is 6.29. The molecule has 0 saturated carbocycles. The molecule has 1 aliphatic heterocycles. The van der Waals surface area contributed by atoms with Gasteiger partial charge in [0.05, 0.1) is 15.6 Å². The highest BCUT2D eigenvalue weighted by molar-refractivity contribution is 6.45. The first-order chi connectivity index (χ1) is 12.1. The number of carbonyl (C=O) groups is 1. The Balaban J connectivity index is 1.97. The van der Waals surface area contributed by atoms with Crippen molar-refractivity contribution in [2.24, 2.45) is 0 Å². The van der Waals surface area contributed by atoms with Crippen molar-refractivity contribution >= 4 is 40.0 Å². The lowest BCUT2D eigenvalue weighted by Crippen LogP contribution is -2.37. The van der Waals surface area contributed by atoms with Crippen molar-refractivity contribution in [2.45, 2.75) is 13.0 Å². The molecule has 3 heterocycles. The van der Waals surface area contributed by atoms with E-state index in [2.05, 4.69) is 15.0 Å². The number of nitrogens with zero attached hydrogens (tertiary/aromatic N) is 3. The minimum Gasteiger partial charge on any atom is -0.387 e. The third-order valence-corrected chi connectivity index (χ3v) is 5.29. The molecule has 1 aromatic carbocycles. The molecule has 6 nitrogen and oxygen atoms in total. The molecule has 1 aliphatic rings. The number of hydrogen-bond donors (Lipinski definition) is 2. The van der Waals surface area contributed by atoms with Gasteiger partial charge in [0, 0.05) is 54.1 Å². The molecule has 0 bridgehead atoms. The zero-order chi connectivity index (χ0) is 17.6. The number of aliphatic hydroxyl groups is 1. The predicted molar refractivity (Wildman–Crippen MR) is 95.6 cm³/mol. The second-order valence-electron chi connectivity index (χ2n) is 5.90. The van der Waals surface area contributed by atoms with Crippen molar-refractivity contribution in [3.8, 4) is 11.1 Å². The summed E-state index contributed by atoms with van der Waals surface area (Å²) in [6.45, 7) is 0.464. The minimum atomic E-state index is -0.496. The molecule has 0 radical (unpaired) electrons. The van der Waals surface area contributed by atoms with Gasteiger partial charge in [-0.25, -0.2) is 9.97 Å². The summed E-state index contributed by atoms with van der Waals surface area (Å²) in [5, 5.41) is 11.0. The number of fused-ring (bicyclic) bond motifs is 3. The van der Waals surface area contributed by atoms with Gasteiger partial charge in [0.2, 0.25) is 5.91 Å². The molecule has 4 rings (SSSR count). The Morgan fingerprint density at radius 1 is 1.32 bits per heavy atom. The summed E-state index contributed by atoms with van der Waals surface area (Å²) in [5.41, 5.74) is 4.44. The monoisotopic (exact) mass is 376 g/mol. The molecule has 0 saturated heterocycles. The number of aromatic amines is 1. The van der Waals surface area contributed by atoms with Gasteiger partial charge in [-0.05, 0) is 11.6 Å². The van der Waals surface area contributed by atoms with Gasteiger partial charge in [-0.3, -0.25) is 4.79 Å². The van der Waals surface area contributed by atoms with E-state index < -0.39 is 6.61 Å². The summed E-state index contributed by atoms with van der Waals surface area (Å²) >= 11 is 12.7. The van der Waals surface area contributed by atoms with Crippen molar-refractivity contribution in [1.29, 1.82) is 0 Å². The molecule has 2 N–H and O–H groups in total. The van der Waals surface area contributed by atoms with E-state index in [0.717, 1.165) is 33.3 Å². The number of hydrogen-bond acceptors (Lipinski definition) is 4. The van der Waals surface area contributed by atoms with Crippen LogP contribution in [-0.2, 0) is 17.8 Å². The lowest BCUT2D eigenvalue weighted by atomic mass is 9.97. The Hall–Kier alpha value is -2.15. The highest BCUT2D eigenvalue weighted by atomic mass is 35.5. The Labute approximate surface area is 153 Å². The summed E-state index contributed by atoms with van der Waals surface area (Å²) < 4.78 is 0. The van der Waals surface area contributed by atoms with Gasteiger partial charge >= 0.3 is 0 Å². The molecule has 8 heteroatoms. The Morgan fingerprint density at radius 3 is 2.80 bits per heavy atom. The van der Waals surface area contributed by atoms with E-state index >= 15 is 0 Å². The van der Waals surface area contributed by atoms with E-state index in [9.17, 15) is 4.79 Å². The summed E-state index contributed by atoms with van der Waals surface area (Å²) in [6, 6.07) is 1.80. The number of amides is 1. The zero-order valence-corrected chi connectivity index (χ0v) is 14.6. The van der Waals surface area contributed by atoms with E-state index in [1.54, 1.807) is 23.4 Å². The van der Waals surface area contributed by atoms with E-state index in [0.29, 0.717) is 29.6 Å². The number of aliphatic hydroxyl groups excluding tert-OH is 1. The van der Waals surface area contributed by atoms with Crippen LogP contribution < -0.4 is 0 Å². The van der Waals surface area contributed by atoms with Crippen LogP contribution in [0.3, 0.4) is 0 Å². The Bertz CT molecular complexity index is 972. The lowest BCUT2D eigenvalue weighted by Gasteiger charge is -2.26. The molecule has 0 fully saturated rings. The first-order valence-electron chi connectivity index (χ1n) is 7.75. The number of benzene rings is 1. The number of halogens is 2. The maximum Gasteiger partial charge on any atom is 0.248 e. The molecule has 25 heavy (non-hydrogen) atoms.